The van der Waals surface area contributed by atoms with Gasteiger partial charge < -0.3 is 10.2 Å². The average Bonchev–Trinajstić information content (AvgIpc) is 3.15. The Labute approximate surface area is 185 Å². The molecule has 0 aliphatic carbocycles. The third-order valence-corrected chi connectivity index (χ3v) is 7.12. The maximum Gasteiger partial charge on any atom is 0.252 e. The first-order chi connectivity index (χ1) is 14.6. The maximum absolute atomic E-state index is 13.0. The SMILES string of the molecule is Cc1nnc(Sc2cc(C(=O)NCCCN3CCCC(C)C3)c3ccccc3n2)s1. The molecule has 2 aromatic heterocycles. The van der Waals surface area contributed by atoms with Gasteiger partial charge in [-0.1, -0.05) is 36.5 Å². The van der Waals surface area contributed by atoms with Gasteiger partial charge in [0.1, 0.15) is 10.0 Å². The normalized spacial score (nSPS) is 17.3. The number of nitrogens with one attached hydrogen (secondary N) is 1. The van der Waals surface area contributed by atoms with Gasteiger partial charge in [0.05, 0.1) is 11.1 Å². The lowest BCUT2D eigenvalue weighted by molar-refractivity contribution is 0.0951. The Bertz CT molecular complexity index is 1020. The number of carbonyl (C=O) groups excluding carboxylic acids is 1. The zero-order valence-corrected chi connectivity index (χ0v) is 19.1. The molecule has 1 fully saturated rings. The monoisotopic (exact) mass is 441 g/mol. The van der Waals surface area contributed by atoms with E-state index >= 15 is 0 Å². The number of piperidine rings is 1. The molecule has 30 heavy (non-hydrogen) atoms. The summed E-state index contributed by atoms with van der Waals surface area (Å²) in [4.78, 5) is 20.2. The number of amides is 1. The summed E-state index contributed by atoms with van der Waals surface area (Å²) in [5.74, 6) is 0.736. The van der Waals surface area contributed by atoms with E-state index in [1.165, 1.54) is 49.0 Å². The molecule has 1 aliphatic heterocycles. The van der Waals surface area contributed by atoms with Gasteiger partial charge in [-0.25, -0.2) is 4.98 Å². The molecule has 1 saturated heterocycles. The average molecular weight is 442 g/mol. The first-order valence-corrected chi connectivity index (χ1v) is 12.1. The number of fused-ring (bicyclic) bond motifs is 1. The van der Waals surface area contributed by atoms with Gasteiger partial charge in [0.2, 0.25) is 0 Å². The fourth-order valence-electron chi connectivity index (χ4n) is 3.89. The molecule has 1 atom stereocenters. The van der Waals surface area contributed by atoms with E-state index in [1.807, 2.05) is 37.3 Å². The van der Waals surface area contributed by atoms with Crippen LogP contribution in [0.25, 0.3) is 10.9 Å². The summed E-state index contributed by atoms with van der Waals surface area (Å²) < 4.78 is 0.831. The van der Waals surface area contributed by atoms with Crippen molar-refractivity contribution in [1.29, 1.82) is 0 Å². The van der Waals surface area contributed by atoms with Crippen LogP contribution in [0.3, 0.4) is 0 Å². The summed E-state index contributed by atoms with van der Waals surface area (Å²) in [5, 5.41) is 13.9. The van der Waals surface area contributed by atoms with Crippen molar-refractivity contribution in [2.75, 3.05) is 26.2 Å². The van der Waals surface area contributed by atoms with Crippen LogP contribution in [-0.2, 0) is 0 Å². The molecular weight excluding hydrogens is 414 g/mol. The number of carbonyl (C=O) groups is 1. The summed E-state index contributed by atoms with van der Waals surface area (Å²) >= 11 is 2.98. The van der Waals surface area contributed by atoms with Gasteiger partial charge in [-0.2, -0.15) is 0 Å². The van der Waals surface area contributed by atoms with Crippen molar-refractivity contribution in [2.24, 2.45) is 5.92 Å². The summed E-state index contributed by atoms with van der Waals surface area (Å²) in [6.45, 7) is 8.32. The molecule has 3 heterocycles. The predicted octanol–water partition coefficient (Wildman–Crippen LogP) is 4.40. The zero-order chi connectivity index (χ0) is 20.9. The summed E-state index contributed by atoms with van der Waals surface area (Å²) in [5.41, 5.74) is 1.48. The Balaban J connectivity index is 1.43. The highest BCUT2D eigenvalue weighted by Crippen LogP contribution is 2.31. The number of rotatable bonds is 7. The Kier molecular flexibility index (Phi) is 6.97. The van der Waals surface area contributed by atoms with Crippen LogP contribution in [0.1, 0.15) is 41.6 Å². The van der Waals surface area contributed by atoms with Crippen LogP contribution in [0.4, 0.5) is 0 Å². The Hall–Kier alpha value is -2.03. The Morgan fingerprint density at radius 3 is 3.00 bits per heavy atom. The van der Waals surface area contributed by atoms with Crippen molar-refractivity contribution >= 4 is 39.9 Å². The largest absolute Gasteiger partial charge is 0.352 e. The molecule has 3 aromatic rings. The van der Waals surface area contributed by atoms with Gasteiger partial charge in [0, 0.05) is 18.5 Å². The van der Waals surface area contributed by atoms with Crippen LogP contribution in [0.5, 0.6) is 0 Å². The molecule has 1 amide bonds. The molecule has 1 unspecified atom stereocenters. The third-order valence-electron chi connectivity index (χ3n) is 5.31. The molecule has 1 N–H and O–H groups in total. The lowest BCUT2D eigenvalue weighted by Crippen LogP contribution is -2.36. The highest BCUT2D eigenvalue weighted by molar-refractivity contribution is 8.01. The van der Waals surface area contributed by atoms with Gasteiger partial charge in [0.15, 0.2) is 4.34 Å². The molecule has 0 spiro atoms. The van der Waals surface area contributed by atoms with Crippen LogP contribution in [-0.4, -0.2) is 52.2 Å². The summed E-state index contributed by atoms with van der Waals surface area (Å²) in [7, 11) is 0. The van der Waals surface area contributed by atoms with Crippen molar-refractivity contribution in [3.8, 4) is 0 Å². The van der Waals surface area contributed by atoms with E-state index in [0.29, 0.717) is 12.1 Å². The third kappa shape index (κ3) is 5.36. The number of pyridine rings is 1. The topological polar surface area (TPSA) is 71.0 Å². The van der Waals surface area contributed by atoms with Crippen LogP contribution in [0, 0.1) is 12.8 Å². The molecule has 1 aromatic carbocycles. The van der Waals surface area contributed by atoms with Crippen molar-refractivity contribution < 1.29 is 4.79 Å². The first-order valence-electron chi connectivity index (χ1n) is 10.5. The molecule has 0 radical (unpaired) electrons. The van der Waals surface area contributed by atoms with Gasteiger partial charge >= 0.3 is 0 Å². The standard InChI is InChI=1S/C22H27N5OS2/c1-15-7-5-11-27(14-15)12-6-10-23-21(28)18-13-20(30-22-26-25-16(2)29-22)24-19-9-4-3-8-17(18)19/h3-4,8-9,13,15H,5-7,10-12,14H2,1-2H3,(H,23,28). The molecule has 8 heteroatoms. The zero-order valence-electron chi connectivity index (χ0n) is 17.4. The first kappa shape index (κ1) is 21.2. The smallest absolute Gasteiger partial charge is 0.252 e. The van der Waals surface area contributed by atoms with Gasteiger partial charge in [-0.3, -0.25) is 4.79 Å². The second kappa shape index (κ2) is 9.85. The Morgan fingerprint density at radius 1 is 1.33 bits per heavy atom. The molecule has 0 saturated carbocycles. The van der Waals surface area contributed by atoms with Crippen LogP contribution in [0.2, 0.25) is 0 Å². The van der Waals surface area contributed by atoms with Crippen LogP contribution < -0.4 is 5.32 Å². The van der Waals surface area contributed by atoms with E-state index in [2.05, 4.69) is 27.3 Å². The number of benzene rings is 1. The number of likely N-dealkylation sites (tertiary alicyclic amines) is 1. The highest BCUT2D eigenvalue weighted by Gasteiger charge is 2.17. The molecule has 4 rings (SSSR count). The number of nitrogens with zero attached hydrogens (tertiary/aromatic N) is 4. The van der Waals surface area contributed by atoms with E-state index in [-0.39, 0.29) is 5.91 Å². The molecule has 1 aliphatic rings. The fraction of sp³-hybridized carbons (Fsp3) is 0.455. The second-order valence-corrected chi connectivity index (χ2v) is 10.3. The van der Waals surface area contributed by atoms with E-state index < -0.39 is 0 Å². The van der Waals surface area contributed by atoms with Crippen molar-refractivity contribution in [3.05, 3.63) is 40.9 Å². The van der Waals surface area contributed by atoms with Crippen molar-refractivity contribution in [3.63, 3.8) is 0 Å². The van der Waals surface area contributed by atoms with E-state index in [4.69, 9.17) is 4.98 Å². The summed E-state index contributed by atoms with van der Waals surface area (Å²) in [6, 6.07) is 9.65. The minimum absolute atomic E-state index is 0.0455. The number of aromatic nitrogens is 3. The fourth-order valence-corrected chi connectivity index (χ4v) is 5.67. The van der Waals surface area contributed by atoms with Crippen LogP contribution >= 0.6 is 23.1 Å². The van der Waals surface area contributed by atoms with E-state index in [1.54, 1.807) is 0 Å². The van der Waals surface area contributed by atoms with Gasteiger partial charge in [0.25, 0.3) is 5.91 Å². The molecular formula is C22H27N5OS2. The molecule has 6 nitrogen and oxygen atoms in total. The van der Waals surface area contributed by atoms with Gasteiger partial charge in [-0.15, -0.1) is 10.2 Å². The van der Waals surface area contributed by atoms with Crippen molar-refractivity contribution in [2.45, 2.75) is 42.5 Å². The highest BCUT2D eigenvalue weighted by atomic mass is 32.2. The second-order valence-electron chi connectivity index (χ2n) is 7.87. The Morgan fingerprint density at radius 2 is 2.20 bits per heavy atom. The van der Waals surface area contributed by atoms with Gasteiger partial charge in [-0.05, 0) is 69.1 Å². The van der Waals surface area contributed by atoms with E-state index in [0.717, 1.165) is 44.2 Å². The number of hydrogen-bond acceptors (Lipinski definition) is 7. The lowest BCUT2D eigenvalue weighted by Gasteiger charge is -2.30. The molecule has 0 bridgehead atoms. The maximum atomic E-state index is 13.0. The number of para-hydroxylation sites is 1. The number of aryl methyl sites for hydroxylation is 1. The minimum atomic E-state index is -0.0455. The minimum Gasteiger partial charge on any atom is -0.352 e. The lowest BCUT2D eigenvalue weighted by atomic mass is 10.0. The molecule has 158 valence electrons. The summed E-state index contributed by atoms with van der Waals surface area (Å²) in [6.07, 6.45) is 3.58. The van der Waals surface area contributed by atoms with Crippen molar-refractivity contribution in [1.82, 2.24) is 25.4 Å². The predicted molar refractivity (Wildman–Crippen MR) is 122 cm³/mol. The van der Waals surface area contributed by atoms with E-state index in [9.17, 15) is 4.79 Å². The quantitative estimate of drug-likeness (QED) is 0.548. The van der Waals surface area contributed by atoms with Crippen LogP contribution in [0.15, 0.2) is 39.7 Å². The number of hydrogen-bond donors (Lipinski definition) is 1.